The van der Waals surface area contributed by atoms with Crippen LogP contribution in [0.1, 0.15) is 24.2 Å². The van der Waals surface area contributed by atoms with Crippen LogP contribution >= 0.6 is 11.8 Å². The van der Waals surface area contributed by atoms with Crippen molar-refractivity contribution >= 4 is 28.5 Å². The third-order valence-corrected chi connectivity index (χ3v) is 3.36. The van der Waals surface area contributed by atoms with Crippen LogP contribution in [0.25, 0.3) is 10.8 Å². The zero-order valence-electron chi connectivity index (χ0n) is 9.68. The molecule has 2 aromatic rings. The molecule has 17 heavy (non-hydrogen) atoms. The molecule has 0 bridgehead atoms. The molecule has 1 N–H and O–H groups in total. The molecular weight excluding hydrogens is 234 g/mol. The molecule has 0 saturated carbocycles. The molecule has 3 nitrogen and oxygen atoms in total. The van der Waals surface area contributed by atoms with Gasteiger partial charge in [0.25, 0.3) is 0 Å². The SMILES string of the molecule is CC(C)Sc1ncc(C(=O)O)c2ccccc12. The van der Waals surface area contributed by atoms with Gasteiger partial charge in [-0.05, 0) is 0 Å². The summed E-state index contributed by atoms with van der Waals surface area (Å²) in [7, 11) is 0. The molecule has 4 heteroatoms. The predicted molar refractivity (Wildman–Crippen MR) is 69.7 cm³/mol. The lowest BCUT2D eigenvalue weighted by molar-refractivity contribution is 0.0698. The Morgan fingerprint density at radius 1 is 1.29 bits per heavy atom. The number of thioether (sulfide) groups is 1. The van der Waals surface area contributed by atoms with Gasteiger partial charge in [0.05, 0.1) is 5.56 Å². The van der Waals surface area contributed by atoms with Crippen LogP contribution in [0.3, 0.4) is 0 Å². The van der Waals surface area contributed by atoms with Crippen LogP contribution in [0.4, 0.5) is 0 Å². The molecule has 0 unspecified atom stereocenters. The van der Waals surface area contributed by atoms with Gasteiger partial charge in [0.2, 0.25) is 0 Å². The molecule has 0 amide bonds. The van der Waals surface area contributed by atoms with Gasteiger partial charge in [0.1, 0.15) is 5.03 Å². The molecule has 0 aliphatic carbocycles. The number of hydrogen-bond donors (Lipinski definition) is 1. The fourth-order valence-corrected chi connectivity index (χ4v) is 2.52. The van der Waals surface area contributed by atoms with E-state index in [-0.39, 0.29) is 5.56 Å². The second-order valence-corrected chi connectivity index (χ2v) is 5.56. The van der Waals surface area contributed by atoms with Crippen LogP contribution in [-0.2, 0) is 0 Å². The van der Waals surface area contributed by atoms with Gasteiger partial charge in [-0.2, -0.15) is 0 Å². The third kappa shape index (κ3) is 2.42. The number of carboxylic acid groups (broad SMARTS) is 1. The van der Waals surface area contributed by atoms with Crippen molar-refractivity contribution in [2.75, 3.05) is 0 Å². The number of carbonyl (C=O) groups is 1. The number of fused-ring (bicyclic) bond motifs is 1. The minimum Gasteiger partial charge on any atom is -0.478 e. The van der Waals surface area contributed by atoms with Crippen molar-refractivity contribution in [1.82, 2.24) is 4.98 Å². The van der Waals surface area contributed by atoms with Crippen LogP contribution in [-0.4, -0.2) is 21.3 Å². The van der Waals surface area contributed by atoms with Crippen molar-refractivity contribution in [3.05, 3.63) is 36.0 Å². The summed E-state index contributed by atoms with van der Waals surface area (Å²) in [5.74, 6) is -0.935. The van der Waals surface area contributed by atoms with E-state index in [0.29, 0.717) is 5.25 Å². The summed E-state index contributed by atoms with van der Waals surface area (Å²) in [5.41, 5.74) is 0.258. The first-order valence-electron chi connectivity index (χ1n) is 5.37. The first-order valence-corrected chi connectivity index (χ1v) is 6.25. The zero-order valence-corrected chi connectivity index (χ0v) is 10.5. The number of hydrogen-bond acceptors (Lipinski definition) is 3. The van der Waals surface area contributed by atoms with Crippen LogP contribution in [0.15, 0.2) is 35.5 Å². The van der Waals surface area contributed by atoms with Gasteiger partial charge in [-0.25, -0.2) is 9.78 Å². The van der Waals surface area contributed by atoms with E-state index in [1.165, 1.54) is 6.20 Å². The lowest BCUT2D eigenvalue weighted by Crippen LogP contribution is -2.00. The molecule has 0 atom stereocenters. The number of benzene rings is 1. The van der Waals surface area contributed by atoms with E-state index in [9.17, 15) is 4.79 Å². The maximum atomic E-state index is 11.1. The van der Waals surface area contributed by atoms with Gasteiger partial charge in [0, 0.05) is 22.2 Å². The Balaban J connectivity index is 2.66. The molecule has 1 heterocycles. The molecule has 0 aliphatic heterocycles. The predicted octanol–water partition coefficient (Wildman–Crippen LogP) is 3.43. The first-order chi connectivity index (χ1) is 8.09. The van der Waals surface area contributed by atoms with Crippen LogP contribution < -0.4 is 0 Å². The molecule has 88 valence electrons. The summed E-state index contributed by atoms with van der Waals surface area (Å²) in [5, 5.41) is 12.1. The fraction of sp³-hybridized carbons (Fsp3) is 0.231. The molecule has 0 saturated heterocycles. The number of aromatic nitrogens is 1. The summed E-state index contributed by atoms with van der Waals surface area (Å²) in [6.07, 6.45) is 1.44. The molecule has 0 radical (unpaired) electrons. The van der Waals surface area contributed by atoms with E-state index >= 15 is 0 Å². The summed E-state index contributed by atoms with van der Waals surface area (Å²) >= 11 is 1.64. The topological polar surface area (TPSA) is 50.2 Å². The van der Waals surface area contributed by atoms with E-state index in [1.807, 2.05) is 24.3 Å². The Labute approximate surface area is 104 Å². The van der Waals surface area contributed by atoms with Gasteiger partial charge >= 0.3 is 5.97 Å². The Kier molecular flexibility index (Phi) is 3.33. The Bertz CT molecular complexity index is 566. The quantitative estimate of drug-likeness (QED) is 0.844. The molecule has 1 aromatic heterocycles. The fourth-order valence-electron chi connectivity index (χ4n) is 1.65. The van der Waals surface area contributed by atoms with Gasteiger partial charge in [-0.3, -0.25) is 0 Å². The number of aromatic carboxylic acids is 1. The highest BCUT2D eigenvalue weighted by molar-refractivity contribution is 8.00. The minimum absolute atomic E-state index is 0.258. The van der Waals surface area contributed by atoms with Crippen molar-refractivity contribution < 1.29 is 9.90 Å². The monoisotopic (exact) mass is 247 g/mol. The highest BCUT2D eigenvalue weighted by Crippen LogP contribution is 2.30. The maximum Gasteiger partial charge on any atom is 0.337 e. The highest BCUT2D eigenvalue weighted by atomic mass is 32.2. The van der Waals surface area contributed by atoms with Crippen molar-refractivity contribution in [3.8, 4) is 0 Å². The van der Waals surface area contributed by atoms with Crippen molar-refractivity contribution in [2.45, 2.75) is 24.1 Å². The van der Waals surface area contributed by atoms with E-state index < -0.39 is 5.97 Å². The summed E-state index contributed by atoms with van der Waals surface area (Å²) in [6.45, 7) is 4.18. The van der Waals surface area contributed by atoms with Crippen LogP contribution in [0.5, 0.6) is 0 Å². The second kappa shape index (κ2) is 4.75. The van der Waals surface area contributed by atoms with E-state index in [4.69, 9.17) is 5.11 Å². The van der Waals surface area contributed by atoms with E-state index in [2.05, 4.69) is 18.8 Å². The van der Waals surface area contributed by atoms with Crippen molar-refractivity contribution in [1.29, 1.82) is 0 Å². The van der Waals surface area contributed by atoms with Gasteiger partial charge in [0.15, 0.2) is 0 Å². The molecule has 0 fully saturated rings. The summed E-state index contributed by atoms with van der Waals surface area (Å²) < 4.78 is 0. The molecule has 0 aliphatic rings. The van der Waals surface area contributed by atoms with Crippen LogP contribution in [0.2, 0.25) is 0 Å². The molecule has 1 aromatic carbocycles. The van der Waals surface area contributed by atoms with E-state index in [0.717, 1.165) is 15.8 Å². The Morgan fingerprint density at radius 2 is 1.94 bits per heavy atom. The highest BCUT2D eigenvalue weighted by Gasteiger charge is 2.12. The molecule has 2 rings (SSSR count). The minimum atomic E-state index is -0.935. The van der Waals surface area contributed by atoms with Crippen molar-refractivity contribution in [3.63, 3.8) is 0 Å². The third-order valence-electron chi connectivity index (χ3n) is 2.34. The van der Waals surface area contributed by atoms with Gasteiger partial charge in [-0.1, -0.05) is 38.1 Å². The van der Waals surface area contributed by atoms with Gasteiger partial charge < -0.3 is 5.11 Å². The summed E-state index contributed by atoms with van der Waals surface area (Å²) in [4.78, 5) is 15.4. The van der Waals surface area contributed by atoms with E-state index in [1.54, 1.807) is 11.8 Å². The Hall–Kier alpha value is -1.55. The lowest BCUT2D eigenvalue weighted by atomic mass is 10.1. The normalized spacial score (nSPS) is 11.0. The first kappa shape index (κ1) is 11.9. The largest absolute Gasteiger partial charge is 0.478 e. The molecular formula is C13H13NO2S. The number of rotatable bonds is 3. The van der Waals surface area contributed by atoms with Crippen molar-refractivity contribution in [2.24, 2.45) is 0 Å². The average molecular weight is 247 g/mol. The Morgan fingerprint density at radius 3 is 2.53 bits per heavy atom. The standard InChI is InChI=1S/C13H13NO2S/c1-8(2)17-12-10-6-4-3-5-9(10)11(7-14-12)13(15)16/h3-8H,1-2H3,(H,15,16). The number of pyridine rings is 1. The average Bonchev–Trinajstić information content (AvgIpc) is 2.28. The second-order valence-electron chi connectivity index (χ2n) is 3.99. The molecule has 0 spiro atoms. The zero-order chi connectivity index (χ0) is 12.4. The number of nitrogens with zero attached hydrogens (tertiary/aromatic N) is 1. The summed E-state index contributed by atoms with van der Waals surface area (Å²) in [6, 6.07) is 7.49. The maximum absolute atomic E-state index is 11.1. The van der Waals surface area contributed by atoms with Crippen LogP contribution in [0, 0.1) is 0 Å². The lowest BCUT2D eigenvalue weighted by Gasteiger charge is -2.09. The smallest absolute Gasteiger partial charge is 0.337 e. The number of carboxylic acids is 1. The van der Waals surface area contributed by atoms with Gasteiger partial charge in [-0.15, -0.1) is 11.8 Å².